The number of carboxylic acids is 1. The summed E-state index contributed by atoms with van der Waals surface area (Å²) in [5.41, 5.74) is -0.520. The molecule has 2 amide bonds. The Hall–Kier alpha value is -1.79. The lowest BCUT2D eigenvalue weighted by molar-refractivity contribution is -0.137. The number of amides is 2. The maximum atomic E-state index is 11.4. The van der Waals surface area contributed by atoms with Crippen LogP contribution in [-0.4, -0.2) is 41.8 Å². The van der Waals surface area contributed by atoms with Crippen LogP contribution in [-0.2, 0) is 14.3 Å². The van der Waals surface area contributed by atoms with Crippen LogP contribution >= 0.6 is 0 Å². The predicted octanol–water partition coefficient (Wildman–Crippen LogP) is 1.66. The summed E-state index contributed by atoms with van der Waals surface area (Å²) in [6, 6.07) is 0. The first-order chi connectivity index (χ1) is 9.70. The van der Waals surface area contributed by atoms with Crippen LogP contribution in [0.2, 0.25) is 0 Å². The number of carbonyl (C=O) groups excluding carboxylic acids is 2. The van der Waals surface area contributed by atoms with Gasteiger partial charge in [0.15, 0.2) is 0 Å². The lowest BCUT2D eigenvalue weighted by Gasteiger charge is -2.19. The molecule has 3 N–H and O–H groups in total. The number of nitrogens with one attached hydrogen (secondary N) is 2. The van der Waals surface area contributed by atoms with E-state index in [1.54, 1.807) is 20.8 Å². The van der Waals surface area contributed by atoms with Crippen LogP contribution in [0.1, 0.15) is 52.9 Å². The second-order valence-electron chi connectivity index (χ2n) is 5.73. The van der Waals surface area contributed by atoms with Gasteiger partial charge in [-0.2, -0.15) is 0 Å². The Morgan fingerprint density at radius 2 is 1.52 bits per heavy atom. The lowest BCUT2D eigenvalue weighted by Crippen LogP contribution is -2.34. The standard InChI is InChI=1S/C14H26N2O5/c1-14(2,3)21-13(20)16-10-6-9-15-11(17)7-4-5-8-12(18)19/h4-10H2,1-3H3,(H,15,17)(H,16,20)(H,18,19). The van der Waals surface area contributed by atoms with Gasteiger partial charge in [0.2, 0.25) is 5.91 Å². The summed E-state index contributed by atoms with van der Waals surface area (Å²) in [6.45, 7) is 6.26. The molecule has 122 valence electrons. The van der Waals surface area contributed by atoms with E-state index in [9.17, 15) is 14.4 Å². The molecule has 0 aliphatic rings. The number of hydrogen-bond donors (Lipinski definition) is 3. The van der Waals surface area contributed by atoms with Gasteiger partial charge in [-0.3, -0.25) is 9.59 Å². The quantitative estimate of drug-likeness (QED) is 0.562. The van der Waals surface area contributed by atoms with Crippen LogP contribution in [0.4, 0.5) is 4.79 Å². The molecule has 0 spiro atoms. The molecule has 0 aliphatic carbocycles. The molecule has 0 heterocycles. The molecule has 0 bridgehead atoms. The monoisotopic (exact) mass is 302 g/mol. The maximum Gasteiger partial charge on any atom is 0.407 e. The molecule has 0 aromatic carbocycles. The Labute approximate surface area is 125 Å². The predicted molar refractivity (Wildman–Crippen MR) is 78.0 cm³/mol. The number of unbranched alkanes of at least 4 members (excludes halogenated alkanes) is 1. The molecule has 0 aromatic heterocycles. The minimum Gasteiger partial charge on any atom is -0.481 e. The topological polar surface area (TPSA) is 105 Å². The van der Waals surface area contributed by atoms with Gasteiger partial charge in [-0.1, -0.05) is 0 Å². The van der Waals surface area contributed by atoms with Crippen molar-refractivity contribution in [2.45, 2.75) is 58.5 Å². The van der Waals surface area contributed by atoms with Crippen molar-refractivity contribution in [1.82, 2.24) is 10.6 Å². The lowest BCUT2D eigenvalue weighted by atomic mass is 10.2. The number of aliphatic carboxylic acids is 1. The zero-order valence-corrected chi connectivity index (χ0v) is 13.0. The molecule has 0 atom stereocenters. The van der Waals surface area contributed by atoms with Gasteiger partial charge < -0.3 is 20.5 Å². The van der Waals surface area contributed by atoms with Gasteiger partial charge >= 0.3 is 12.1 Å². The highest BCUT2D eigenvalue weighted by molar-refractivity contribution is 5.75. The molecule has 0 aromatic rings. The first kappa shape index (κ1) is 19.2. The van der Waals surface area contributed by atoms with E-state index in [0.29, 0.717) is 38.8 Å². The first-order valence-electron chi connectivity index (χ1n) is 7.16. The summed E-state index contributed by atoms with van der Waals surface area (Å²) in [6.07, 6.45) is 1.62. The summed E-state index contributed by atoms with van der Waals surface area (Å²) < 4.78 is 5.06. The average molecular weight is 302 g/mol. The van der Waals surface area contributed by atoms with E-state index in [0.717, 1.165) is 0 Å². The van der Waals surface area contributed by atoms with E-state index in [-0.39, 0.29) is 12.3 Å². The average Bonchev–Trinajstić information content (AvgIpc) is 2.31. The molecular formula is C14H26N2O5. The summed E-state index contributed by atoms with van der Waals surface area (Å²) in [5, 5.41) is 13.8. The van der Waals surface area contributed by atoms with Crippen LogP contribution in [0, 0.1) is 0 Å². The van der Waals surface area contributed by atoms with Crippen molar-refractivity contribution in [3.05, 3.63) is 0 Å². The largest absolute Gasteiger partial charge is 0.481 e. The van der Waals surface area contributed by atoms with Crippen molar-refractivity contribution < 1.29 is 24.2 Å². The normalized spacial score (nSPS) is 10.8. The summed E-state index contributed by atoms with van der Waals surface area (Å²) in [4.78, 5) is 33.0. The van der Waals surface area contributed by atoms with Crippen molar-refractivity contribution in [3.8, 4) is 0 Å². The van der Waals surface area contributed by atoms with E-state index in [1.165, 1.54) is 0 Å². The third kappa shape index (κ3) is 14.4. The Morgan fingerprint density at radius 1 is 0.952 bits per heavy atom. The Balaban J connectivity index is 3.48. The number of hydrogen-bond acceptors (Lipinski definition) is 4. The molecule has 0 fully saturated rings. The minimum absolute atomic E-state index is 0.0904. The Bertz CT molecular complexity index is 350. The maximum absolute atomic E-state index is 11.4. The van der Waals surface area contributed by atoms with Gasteiger partial charge in [0, 0.05) is 25.9 Å². The second kappa shape index (κ2) is 10.0. The van der Waals surface area contributed by atoms with Crippen molar-refractivity contribution in [2.24, 2.45) is 0 Å². The number of ether oxygens (including phenoxy) is 1. The highest BCUT2D eigenvalue weighted by Crippen LogP contribution is 2.06. The highest BCUT2D eigenvalue weighted by atomic mass is 16.6. The van der Waals surface area contributed by atoms with Crippen molar-refractivity contribution in [2.75, 3.05) is 13.1 Å². The summed E-state index contributed by atoms with van der Waals surface area (Å²) in [7, 11) is 0. The fraction of sp³-hybridized carbons (Fsp3) is 0.786. The van der Waals surface area contributed by atoms with Gasteiger partial charge in [-0.15, -0.1) is 0 Å². The molecule has 0 saturated carbocycles. The van der Waals surface area contributed by atoms with Gasteiger partial charge in [0.1, 0.15) is 5.60 Å². The smallest absolute Gasteiger partial charge is 0.407 e. The van der Waals surface area contributed by atoms with E-state index in [4.69, 9.17) is 9.84 Å². The van der Waals surface area contributed by atoms with E-state index in [2.05, 4.69) is 10.6 Å². The summed E-state index contributed by atoms with van der Waals surface area (Å²) >= 11 is 0. The van der Waals surface area contributed by atoms with E-state index >= 15 is 0 Å². The second-order valence-corrected chi connectivity index (χ2v) is 5.73. The van der Waals surface area contributed by atoms with Crippen LogP contribution in [0.15, 0.2) is 0 Å². The zero-order valence-electron chi connectivity index (χ0n) is 13.0. The van der Waals surface area contributed by atoms with Crippen molar-refractivity contribution in [1.29, 1.82) is 0 Å². The summed E-state index contributed by atoms with van der Waals surface area (Å²) in [5.74, 6) is -0.943. The van der Waals surface area contributed by atoms with Crippen molar-refractivity contribution >= 4 is 18.0 Å². The van der Waals surface area contributed by atoms with Crippen LogP contribution in [0.25, 0.3) is 0 Å². The minimum atomic E-state index is -0.844. The number of alkyl carbamates (subject to hydrolysis) is 1. The van der Waals surface area contributed by atoms with E-state index in [1.807, 2.05) is 0 Å². The fourth-order valence-corrected chi connectivity index (χ4v) is 1.47. The number of carbonyl (C=O) groups is 3. The SMILES string of the molecule is CC(C)(C)OC(=O)NCCCNC(=O)CCCCC(=O)O. The first-order valence-corrected chi connectivity index (χ1v) is 7.16. The molecule has 0 aliphatic heterocycles. The van der Waals surface area contributed by atoms with Gasteiger partial charge in [-0.25, -0.2) is 4.79 Å². The number of carboxylic acid groups (broad SMARTS) is 1. The van der Waals surface area contributed by atoms with Crippen LogP contribution in [0.5, 0.6) is 0 Å². The molecule has 0 unspecified atom stereocenters. The van der Waals surface area contributed by atoms with Gasteiger partial charge in [0.25, 0.3) is 0 Å². The molecular weight excluding hydrogens is 276 g/mol. The van der Waals surface area contributed by atoms with Crippen molar-refractivity contribution in [3.63, 3.8) is 0 Å². The van der Waals surface area contributed by atoms with Crippen LogP contribution in [0.3, 0.4) is 0 Å². The third-order valence-corrected chi connectivity index (χ3v) is 2.39. The van der Waals surface area contributed by atoms with Gasteiger partial charge in [0.05, 0.1) is 0 Å². The molecule has 0 radical (unpaired) electrons. The third-order valence-electron chi connectivity index (χ3n) is 2.39. The van der Waals surface area contributed by atoms with Crippen LogP contribution < -0.4 is 10.6 Å². The highest BCUT2D eigenvalue weighted by Gasteiger charge is 2.15. The molecule has 21 heavy (non-hydrogen) atoms. The zero-order chi connectivity index (χ0) is 16.3. The molecule has 0 saturated heterocycles. The fourth-order valence-electron chi connectivity index (χ4n) is 1.47. The molecule has 0 rings (SSSR count). The number of rotatable bonds is 9. The van der Waals surface area contributed by atoms with Gasteiger partial charge in [-0.05, 0) is 40.0 Å². The Kier molecular flexibility index (Phi) is 9.16. The Morgan fingerprint density at radius 3 is 2.10 bits per heavy atom. The van der Waals surface area contributed by atoms with E-state index < -0.39 is 17.7 Å². The molecule has 7 nitrogen and oxygen atoms in total. The molecule has 7 heteroatoms.